The zero-order valence-electron chi connectivity index (χ0n) is 12.7. The number of hydrogen-bond acceptors (Lipinski definition) is 4. The van der Waals surface area contributed by atoms with Crippen molar-refractivity contribution in [1.29, 1.82) is 0 Å². The number of anilines is 1. The largest absolute Gasteiger partial charge is 0.483 e. The van der Waals surface area contributed by atoms with Crippen LogP contribution in [0.25, 0.3) is 0 Å². The summed E-state index contributed by atoms with van der Waals surface area (Å²) < 4.78 is 5.44. The topological polar surface area (TPSA) is 87.3 Å². The van der Waals surface area contributed by atoms with E-state index in [0.717, 1.165) is 5.69 Å². The molecule has 116 valence electrons. The monoisotopic (exact) mass is 302 g/mol. The van der Waals surface area contributed by atoms with Gasteiger partial charge in [0.1, 0.15) is 5.75 Å². The summed E-state index contributed by atoms with van der Waals surface area (Å²) in [4.78, 5) is 25.3. The summed E-state index contributed by atoms with van der Waals surface area (Å²) in [5.41, 5.74) is 1.19. The zero-order chi connectivity index (χ0) is 16.1. The molecule has 0 saturated heterocycles. The highest BCUT2D eigenvalue weighted by Crippen LogP contribution is 2.19. The minimum Gasteiger partial charge on any atom is -0.483 e. The van der Waals surface area contributed by atoms with E-state index in [-0.39, 0.29) is 18.4 Å². The van der Waals surface area contributed by atoms with E-state index < -0.39 is 0 Å². The van der Waals surface area contributed by atoms with Crippen LogP contribution in [0.4, 0.5) is 5.82 Å². The van der Waals surface area contributed by atoms with E-state index in [1.807, 2.05) is 6.92 Å². The molecule has 0 atom stereocenters. The molecule has 0 spiro atoms. The zero-order valence-corrected chi connectivity index (χ0v) is 12.7. The SMILES string of the molecule is Cc1cc(NC(=O)c2ccccc2OCC(=O)N(C)C)n[nH]1. The summed E-state index contributed by atoms with van der Waals surface area (Å²) in [5, 5.41) is 9.37. The van der Waals surface area contributed by atoms with Crippen molar-refractivity contribution in [2.75, 3.05) is 26.0 Å². The predicted molar refractivity (Wildman–Crippen MR) is 81.9 cm³/mol. The number of hydrogen-bond donors (Lipinski definition) is 2. The number of aromatic amines is 1. The van der Waals surface area contributed by atoms with Gasteiger partial charge in [0.15, 0.2) is 12.4 Å². The van der Waals surface area contributed by atoms with Gasteiger partial charge in [0.25, 0.3) is 11.8 Å². The van der Waals surface area contributed by atoms with Gasteiger partial charge in [0, 0.05) is 25.9 Å². The van der Waals surface area contributed by atoms with Crippen molar-refractivity contribution in [3.05, 3.63) is 41.6 Å². The molecule has 0 radical (unpaired) electrons. The number of likely N-dealkylation sites (N-methyl/N-ethyl adjacent to an activating group) is 1. The molecule has 0 aliphatic rings. The lowest BCUT2D eigenvalue weighted by molar-refractivity contribution is -0.130. The van der Waals surface area contributed by atoms with Crippen molar-refractivity contribution < 1.29 is 14.3 Å². The molecular formula is C15H18N4O3. The maximum Gasteiger partial charge on any atom is 0.260 e. The fourth-order valence-corrected chi connectivity index (χ4v) is 1.71. The van der Waals surface area contributed by atoms with Gasteiger partial charge in [-0.1, -0.05) is 12.1 Å². The molecule has 0 fully saturated rings. The van der Waals surface area contributed by atoms with Gasteiger partial charge in [0.2, 0.25) is 0 Å². The Morgan fingerprint density at radius 3 is 2.68 bits per heavy atom. The van der Waals surface area contributed by atoms with E-state index in [1.165, 1.54) is 4.90 Å². The number of carbonyl (C=O) groups excluding carboxylic acids is 2. The second-order valence-corrected chi connectivity index (χ2v) is 4.96. The van der Waals surface area contributed by atoms with Gasteiger partial charge in [-0.05, 0) is 19.1 Å². The first-order valence-corrected chi connectivity index (χ1v) is 6.72. The molecule has 7 heteroatoms. The van der Waals surface area contributed by atoms with Gasteiger partial charge in [-0.25, -0.2) is 0 Å². The highest BCUT2D eigenvalue weighted by Gasteiger charge is 2.15. The third-order valence-corrected chi connectivity index (χ3v) is 2.93. The van der Waals surface area contributed by atoms with Gasteiger partial charge in [-0.2, -0.15) is 5.10 Å². The van der Waals surface area contributed by atoms with Crippen molar-refractivity contribution in [2.24, 2.45) is 0 Å². The summed E-state index contributed by atoms with van der Waals surface area (Å²) in [7, 11) is 3.29. The van der Waals surface area contributed by atoms with Crippen LogP contribution >= 0.6 is 0 Å². The maximum absolute atomic E-state index is 12.3. The second kappa shape index (κ2) is 6.75. The van der Waals surface area contributed by atoms with Crippen molar-refractivity contribution >= 4 is 17.6 Å². The summed E-state index contributed by atoms with van der Waals surface area (Å²) in [5.74, 6) is 0.252. The number of benzene rings is 1. The Bertz CT molecular complexity index is 679. The number of rotatable bonds is 5. The molecule has 2 N–H and O–H groups in total. The van der Waals surface area contributed by atoms with Crippen LogP contribution in [-0.4, -0.2) is 47.6 Å². The number of aromatic nitrogens is 2. The van der Waals surface area contributed by atoms with E-state index in [0.29, 0.717) is 17.1 Å². The molecule has 1 aromatic carbocycles. The Hall–Kier alpha value is -2.83. The van der Waals surface area contributed by atoms with E-state index >= 15 is 0 Å². The third-order valence-electron chi connectivity index (χ3n) is 2.93. The van der Waals surface area contributed by atoms with E-state index in [2.05, 4.69) is 15.5 Å². The first-order valence-electron chi connectivity index (χ1n) is 6.72. The van der Waals surface area contributed by atoms with Gasteiger partial charge in [0.05, 0.1) is 5.56 Å². The van der Waals surface area contributed by atoms with Crippen molar-refractivity contribution in [2.45, 2.75) is 6.92 Å². The third kappa shape index (κ3) is 3.85. The molecule has 0 bridgehead atoms. The van der Waals surface area contributed by atoms with Crippen LogP contribution in [-0.2, 0) is 4.79 Å². The highest BCUT2D eigenvalue weighted by atomic mass is 16.5. The van der Waals surface area contributed by atoms with Gasteiger partial charge in [-0.3, -0.25) is 14.7 Å². The van der Waals surface area contributed by atoms with E-state index in [9.17, 15) is 9.59 Å². The fourth-order valence-electron chi connectivity index (χ4n) is 1.71. The number of H-pyrrole nitrogens is 1. The van der Waals surface area contributed by atoms with Gasteiger partial charge >= 0.3 is 0 Å². The molecule has 22 heavy (non-hydrogen) atoms. The van der Waals surface area contributed by atoms with E-state index in [1.54, 1.807) is 44.4 Å². The molecule has 1 aromatic heterocycles. The Balaban J connectivity index is 2.10. The van der Waals surface area contributed by atoms with Crippen LogP contribution in [0.2, 0.25) is 0 Å². The molecule has 2 amide bonds. The minimum atomic E-state index is -0.348. The lowest BCUT2D eigenvalue weighted by Crippen LogP contribution is -2.28. The molecule has 0 unspecified atom stereocenters. The predicted octanol–water partition coefficient (Wildman–Crippen LogP) is 1.44. The van der Waals surface area contributed by atoms with Crippen LogP contribution in [0.5, 0.6) is 5.75 Å². The van der Waals surface area contributed by atoms with Crippen LogP contribution in [0.1, 0.15) is 16.1 Å². The standard InChI is InChI=1S/C15H18N4O3/c1-10-8-13(18-17-10)16-15(21)11-6-4-5-7-12(11)22-9-14(20)19(2)3/h4-8H,9H2,1-3H3,(H2,16,17,18,21). The molecule has 2 rings (SSSR count). The lowest BCUT2D eigenvalue weighted by Gasteiger charge is -2.13. The molecule has 0 aliphatic heterocycles. The first kappa shape index (κ1) is 15.6. The number of nitrogens with one attached hydrogen (secondary N) is 2. The lowest BCUT2D eigenvalue weighted by atomic mass is 10.2. The normalized spacial score (nSPS) is 10.1. The van der Waals surface area contributed by atoms with Crippen LogP contribution in [0, 0.1) is 6.92 Å². The van der Waals surface area contributed by atoms with Gasteiger partial charge in [-0.15, -0.1) is 0 Å². The van der Waals surface area contributed by atoms with E-state index in [4.69, 9.17) is 4.74 Å². The minimum absolute atomic E-state index is 0.126. The molecule has 2 aromatic rings. The van der Waals surface area contributed by atoms with Crippen molar-refractivity contribution in [1.82, 2.24) is 15.1 Å². The molecule has 0 aliphatic carbocycles. The Kier molecular flexibility index (Phi) is 4.77. The number of aryl methyl sites for hydroxylation is 1. The van der Waals surface area contributed by atoms with Crippen molar-refractivity contribution in [3.63, 3.8) is 0 Å². The highest BCUT2D eigenvalue weighted by molar-refractivity contribution is 6.05. The number of ether oxygens (including phenoxy) is 1. The summed E-state index contributed by atoms with van der Waals surface area (Å²) >= 11 is 0. The molecular weight excluding hydrogens is 284 g/mol. The number of carbonyl (C=O) groups is 2. The molecule has 1 heterocycles. The quantitative estimate of drug-likeness (QED) is 0.875. The Morgan fingerprint density at radius 1 is 1.32 bits per heavy atom. The Morgan fingerprint density at radius 2 is 2.05 bits per heavy atom. The van der Waals surface area contributed by atoms with Gasteiger partial charge < -0.3 is 15.0 Å². The summed E-state index contributed by atoms with van der Waals surface area (Å²) in [6, 6.07) is 8.46. The van der Waals surface area contributed by atoms with Crippen LogP contribution < -0.4 is 10.1 Å². The number of para-hydroxylation sites is 1. The Labute approximate surface area is 128 Å². The smallest absolute Gasteiger partial charge is 0.260 e. The number of nitrogens with zero attached hydrogens (tertiary/aromatic N) is 2. The summed E-state index contributed by atoms with van der Waals surface area (Å²) in [6.07, 6.45) is 0. The number of amides is 2. The maximum atomic E-state index is 12.3. The fraction of sp³-hybridized carbons (Fsp3) is 0.267. The second-order valence-electron chi connectivity index (χ2n) is 4.96. The average molecular weight is 302 g/mol. The van der Waals surface area contributed by atoms with Crippen molar-refractivity contribution in [3.8, 4) is 5.75 Å². The van der Waals surface area contributed by atoms with Crippen LogP contribution in [0.15, 0.2) is 30.3 Å². The first-order chi connectivity index (χ1) is 10.5. The molecule has 0 saturated carbocycles. The average Bonchev–Trinajstić information content (AvgIpc) is 2.90. The summed E-state index contributed by atoms with van der Waals surface area (Å²) in [6.45, 7) is 1.71. The molecule has 7 nitrogen and oxygen atoms in total. The van der Waals surface area contributed by atoms with Crippen LogP contribution in [0.3, 0.4) is 0 Å².